The molecule has 0 spiro atoms. The highest BCUT2D eigenvalue weighted by Crippen LogP contribution is 2.33. The average molecular weight is 384 g/mol. The highest BCUT2D eigenvalue weighted by Gasteiger charge is 2.22. The number of benzene rings is 1. The molecule has 0 saturated carbocycles. The molecule has 0 fully saturated rings. The molecule has 0 radical (unpaired) electrons. The molecule has 2 aromatic heterocycles. The van der Waals surface area contributed by atoms with E-state index in [1.54, 1.807) is 18.3 Å². The zero-order valence-corrected chi connectivity index (χ0v) is 15.3. The minimum Gasteiger partial charge on any atom is -0.267 e. The minimum absolute atomic E-state index is 0.104. The first-order valence-corrected chi connectivity index (χ1v) is 9.37. The number of carbonyl (C=O) groups excluding carboxylic acids is 1. The molecule has 0 atom stereocenters. The van der Waals surface area contributed by atoms with Crippen LogP contribution in [0, 0.1) is 17.0 Å². The highest BCUT2D eigenvalue weighted by atomic mass is 32.1. The van der Waals surface area contributed by atoms with Crippen molar-refractivity contribution in [1.82, 2.24) is 9.66 Å². The van der Waals surface area contributed by atoms with E-state index in [-0.39, 0.29) is 16.8 Å². The van der Waals surface area contributed by atoms with Crippen molar-refractivity contribution in [2.45, 2.75) is 32.6 Å². The molecule has 3 aromatic rings. The predicted octanol–water partition coefficient (Wildman–Crippen LogP) is 2.94. The summed E-state index contributed by atoms with van der Waals surface area (Å²) in [5.41, 5.74) is 3.46. The Hall–Kier alpha value is -3.07. The molecule has 0 saturated heterocycles. The zero-order chi connectivity index (χ0) is 19.1. The lowest BCUT2D eigenvalue weighted by Gasteiger charge is -2.12. The van der Waals surface area contributed by atoms with E-state index in [0.29, 0.717) is 16.0 Å². The summed E-state index contributed by atoms with van der Waals surface area (Å²) in [4.78, 5) is 42.1. The van der Waals surface area contributed by atoms with Gasteiger partial charge in [-0.15, -0.1) is 11.3 Å². The minimum atomic E-state index is -0.534. The number of aromatic nitrogens is 2. The van der Waals surface area contributed by atoms with Crippen LogP contribution >= 0.6 is 11.3 Å². The quantitative estimate of drug-likeness (QED) is 0.552. The van der Waals surface area contributed by atoms with Crippen molar-refractivity contribution >= 4 is 33.1 Å². The Balaban J connectivity index is 1.72. The monoisotopic (exact) mass is 384 g/mol. The summed E-state index contributed by atoms with van der Waals surface area (Å²) in [6.45, 7) is 1.66. The topological polar surface area (TPSA) is 107 Å². The molecule has 0 unspecified atom stereocenters. The SMILES string of the molecule is Cc1nc2sc3c(c2c(=O)n1NC(=O)c1ccc([N+](=O)[O-])cc1)CCCC3. The van der Waals surface area contributed by atoms with Gasteiger partial charge in [0.15, 0.2) is 0 Å². The van der Waals surface area contributed by atoms with E-state index in [1.165, 1.54) is 29.1 Å². The summed E-state index contributed by atoms with van der Waals surface area (Å²) in [6.07, 6.45) is 3.97. The number of hydrogen-bond acceptors (Lipinski definition) is 6. The lowest BCUT2D eigenvalue weighted by atomic mass is 9.97. The number of fused-ring (bicyclic) bond motifs is 3. The Labute approximate surface area is 157 Å². The zero-order valence-electron chi connectivity index (χ0n) is 14.5. The number of nitrogens with zero attached hydrogens (tertiary/aromatic N) is 3. The van der Waals surface area contributed by atoms with Gasteiger partial charge in [0.2, 0.25) is 0 Å². The molecule has 0 bridgehead atoms. The fourth-order valence-electron chi connectivity index (χ4n) is 3.34. The molecule has 8 nitrogen and oxygen atoms in total. The van der Waals surface area contributed by atoms with Gasteiger partial charge in [0, 0.05) is 22.6 Å². The lowest BCUT2D eigenvalue weighted by Crippen LogP contribution is -2.35. The van der Waals surface area contributed by atoms with Gasteiger partial charge in [-0.1, -0.05) is 0 Å². The van der Waals surface area contributed by atoms with E-state index < -0.39 is 10.8 Å². The van der Waals surface area contributed by atoms with E-state index >= 15 is 0 Å². The van der Waals surface area contributed by atoms with Crippen LogP contribution in [-0.2, 0) is 12.8 Å². The van der Waals surface area contributed by atoms with Crippen molar-refractivity contribution in [3.8, 4) is 0 Å². The van der Waals surface area contributed by atoms with Crippen LogP contribution in [0.5, 0.6) is 0 Å². The number of nitrogens with one attached hydrogen (secondary N) is 1. The third-order valence-corrected chi connectivity index (χ3v) is 5.90. The highest BCUT2D eigenvalue weighted by molar-refractivity contribution is 7.18. The van der Waals surface area contributed by atoms with Crippen LogP contribution in [-0.4, -0.2) is 20.5 Å². The molecular formula is C18H16N4O4S. The first-order chi connectivity index (χ1) is 13.0. The molecule has 1 aliphatic rings. The van der Waals surface area contributed by atoms with E-state index in [1.807, 2.05) is 0 Å². The van der Waals surface area contributed by atoms with Gasteiger partial charge in [0.25, 0.3) is 17.2 Å². The number of amides is 1. The number of carbonyl (C=O) groups is 1. The predicted molar refractivity (Wildman–Crippen MR) is 102 cm³/mol. The molecule has 2 heterocycles. The van der Waals surface area contributed by atoms with Gasteiger partial charge in [-0.05, 0) is 50.3 Å². The van der Waals surface area contributed by atoms with Crippen molar-refractivity contribution in [3.05, 3.63) is 66.6 Å². The second kappa shape index (κ2) is 6.58. The molecule has 4 rings (SSSR count). The van der Waals surface area contributed by atoms with Gasteiger partial charge in [-0.25, -0.2) is 9.66 Å². The largest absolute Gasteiger partial charge is 0.281 e. The van der Waals surface area contributed by atoms with Crippen LogP contribution < -0.4 is 11.0 Å². The third kappa shape index (κ3) is 2.99. The van der Waals surface area contributed by atoms with Crippen molar-refractivity contribution < 1.29 is 9.72 Å². The summed E-state index contributed by atoms with van der Waals surface area (Å²) < 4.78 is 1.16. The molecule has 0 aliphatic heterocycles. The van der Waals surface area contributed by atoms with E-state index in [2.05, 4.69) is 10.4 Å². The van der Waals surface area contributed by atoms with Crippen molar-refractivity contribution in [1.29, 1.82) is 0 Å². The molecule has 138 valence electrons. The summed E-state index contributed by atoms with van der Waals surface area (Å²) >= 11 is 1.56. The summed E-state index contributed by atoms with van der Waals surface area (Å²) in [7, 11) is 0. The Morgan fingerprint density at radius 3 is 2.67 bits per heavy atom. The molecule has 1 aromatic carbocycles. The summed E-state index contributed by atoms with van der Waals surface area (Å²) in [5, 5.41) is 11.3. The van der Waals surface area contributed by atoms with Gasteiger partial charge >= 0.3 is 0 Å². The second-order valence-electron chi connectivity index (χ2n) is 6.44. The Kier molecular flexibility index (Phi) is 4.23. The van der Waals surface area contributed by atoms with Crippen LogP contribution in [0.25, 0.3) is 10.2 Å². The average Bonchev–Trinajstić information content (AvgIpc) is 3.03. The van der Waals surface area contributed by atoms with E-state index in [9.17, 15) is 19.7 Å². The first kappa shape index (κ1) is 17.3. The van der Waals surface area contributed by atoms with Crippen molar-refractivity contribution in [2.24, 2.45) is 0 Å². The molecule has 1 amide bonds. The normalized spacial score (nSPS) is 13.4. The van der Waals surface area contributed by atoms with Gasteiger partial charge < -0.3 is 0 Å². The number of hydrogen-bond donors (Lipinski definition) is 1. The van der Waals surface area contributed by atoms with Gasteiger partial charge in [0.05, 0.1) is 10.3 Å². The van der Waals surface area contributed by atoms with Crippen LogP contribution in [0.4, 0.5) is 5.69 Å². The molecule has 1 aliphatic carbocycles. The third-order valence-electron chi connectivity index (χ3n) is 4.71. The Morgan fingerprint density at radius 2 is 1.96 bits per heavy atom. The molecule has 9 heteroatoms. The first-order valence-electron chi connectivity index (χ1n) is 8.55. The number of nitro benzene ring substituents is 1. The fourth-order valence-corrected chi connectivity index (χ4v) is 4.64. The van der Waals surface area contributed by atoms with Crippen LogP contribution in [0.2, 0.25) is 0 Å². The number of aryl methyl sites for hydroxylation is 3. The van der Waals surface area contributed by atoms with Gasteiger partial charge in [-0.2, -0.15) is 0 Å². The Morgan fingerprint density at radius 1 is 1.26 bits per heavy atom. The molecular weight excluding hydrogens is 368 g/mol. The maximum absolute atomic E-state index is 13.0. The standard InChI is InChI=1S/C18H16N4O4S/c1-10-19-17-15(13-4-2-3-5-14(13)27-17)18(24)21(10)20-16(23)11-6-8-12(9-7-11)22(25)26/h6-9H,2-5H2,1H3,(H,20,23). The number of rotatable bonds is 3. The second-order valence-corrected chi connectivity index (χ2v) is 7.52. The van der Waals surface area contributed by atoms with Crippen molar-refractivity contribution in [2.75, 3.05) is 5.43 Å². The number of nitro groups is 1. The summed E-state index contributed by atoms with van der Waals surface area (Å²) in [5.74, 6) is -0.137. The van der Waals surface area contributed by atoms with Crippen LogP contribution in [0.1, 0.15) is 39.5 Å². The maximum Gasteiger partial charge on any atom is 0.281 e. The maximum atomic E-state index is 13.0. The summed E-state index contributed by atoms with van der Waals surface area (Å²) in [6, 6.07) is 5.21. The Bertz CT molecular complexity index is 1130. The van der Waals surface area contributed by atoms with E-state index in [0.717, 1.165) is 35.9 Å². The van der Waals surface area contributed by atoms with Gasteiger partial charge in [-0.3, -0.25) is 25.1 Å². The van der Waals surface area contributed by atoms with E-state index in [4.69, 9.17) is 0 Å². The van der Waals surface area contributed by atoms with Crippen molar-refractivity contribution in [3.63, 3.8) is 0 Å². The smallest absolute Gasteiger partial charge is 0.267 e. The van der Waals surface area contributed by atoms with Gasteiger partial charge in [0.1, 0.15) is 10.7 Å². The molecule has 1 N–H and O–H groups in total. The fraction of sp³-hybridized carbons (Fsp3) is 0.278. The number of non-ortho nitro benzene ring substituents is 1. The number of thiophene rings is 1. The molecule has 27 heavy (non-hydrogen) atoms. The van der Waals surface area contributed by atoms with Crippen LogP contribution in [0.3, 0.4) is 0 Å². The lowest BCUT2D eigenvalue weighted by molar-refractivity contribution is -0.384. The van der Waals surface area contributed by atoms with Crippen LogP contribution in [0.15, 0.2) is 29.1 Å².